The van der Waals surface area contributed by atoms with Crippen molar-refractivity contribution >= 4 is 12.1 Å². The Morgan fingerprint density at radius 1 is 1.29 bits per heavy atom. The van der Waals surface area contributed by atoms with Crippen molar-refractivity contribution < 1.29 is 9.59 Å². The highest BCUT2D eigenvalue weighted by Gasteiger charge is 2.46. The Morgan fingerprint density at radius 3 is 2.88 bits per heavy atom. The fraction of sp³-hybridized carbons (Fsp3) is 0.714. The van der Waals surface area contributed by atoms with Crippen LogP contribution >= 0.6 is 0 Å². The number of rotatable bonds is 1. The summed E-state index contributed by atoms with van der Waals surface area (Å²) in [5.74, 6) is 0.831. The molecule has 0 aromatic heterocycles. The molecular weight excluding hydrogens is 214 g/mol. The molecule has 2 aliphatic heterocycles. The molecule has 0 N–H and O–H groups in total. The van der Waals surface area contributed by atoms with Gasteiger partial charge in [-0.05, 0) is 38.0 Å². The molecule has 3 rings (SSSR count). The first-order valence-electron chi connectivity index (χ1n) is 6.71. The largest absolute Gasteiger partial charge is 0.370 e. The maximum Gasteiger partial charge on any atom is 0.173 e. The zero-order valence-corrected chi connectivity index (χ0v) is 10.3. The summed E-state index contributed by atoms with van der Waals surface area (Å²) in [5.41, 5.74) is 1.53. The molecule has 3 aliphatic rings. The zero-order chi connectivity index (χ0) is 12.0. The third-order valence-electron chi connectivity index (χ3n) is 4.61. The van der Waals surface area contributed by atoms with E-state index in [0.717, 1.165) is 44.2 Å². The van der Waals surface area contributed by atoms with Crippen LogP contribution in [0.3, 0.4) is 0 Å². The number of piperidine rings is 1. The molecule has 0 radical (unpaired) electrons. The molecule has 0 bridgehead atoms. The number of ketones is 1. The second kappa shape index (κ2) is 3.97. The van der Waals surface area contributed by atoms with Crippen LogP contribution in [0.25, 0.3) is 0 Å². The summed E-state index contributed by atoms with van der Waals surface area (Å²) < 4.78 is 0. The molecule has 3 unspecified atom stereocenters. The molecule has 17 heavy (non-hydrogen) atoms. The predicted octanol–water partition coefficient (Wildman–Crippen LogP) is 1.92. The molecule has 2 fully saturated rings. The van der Waals surface area contributed by atoms with Gasteiger partial charge in [0.25, 0.3) is 0 Å². The molecular formula is C14H19NO2. The lowest BCUT2D eigenvalue weighted by Gasteiger charge is -2.43. The number of aldehydes is 1. The third-order valence-corrected chi connectivity index (χ3v) is 4.61. The van der Waals surface area contributed by atoms with Crippen LogP contribution in [0.1, 0.15) is 39.0 Å². The van der Waals surface area contributed by atoms with Crippen LogP contribution in [0.5, 0.6) is 0 Å². The van der Waals surface area contributed by atoms with E-state index in [1.807, 2.05) is 0 Å². The van der Waals surface area contributed by atoms with Crippen LogP contribution in [0, 0.1) is 11.8 Å². The topological polar surface area (TPSA) is 37.4 Å². The van der Waals surface area contributed by atoms with Crippen molar-refractivity contribution in [3.8, 4) is 0 Å². The highest BCUT2D eigenvalue weighted by Crippen LogP contribution is 2.43. The fourth-order valence-electron chi connectivity index (χ4n) is 3.87. The van der Waals surface area contributed by atoms with Gasteiger partial charge in [0.15, 0.2) is 12.1 Å². The SMILES string of the molecule is CC1CC2C(=O)C(C=O)=C3CCCCN3C2C1. The van der Waals surface area contributed by atoms with Gasteiger partial charge in [-0.3, -0.25) is 9.59 Å². The van der Waals surface area contributed by atoms with Crippen LogP contribution in [0.2, 0.25) is 0 Å². The number of Topliss-reactive ketones (excluding diaryl/α,β-unsaturated/α-hetero) is 1. The lowest BCUT2D eigenvalue weighted by molar-refractivity contribution is -0.123. The van der Waals surface area contributed by atoms with Crippen molar-refractivity contribution in [1.29, 1.82) is 0 Å². The normalized spacial score (nSPS) is 36.9. The summed E-state index contributed by atoms with van der Waals surface area (Å²) in [7, 11) is 0. The van der Waals surface area contributed by atoms with Crippen molar-refractivity contribution in [2.45, 2.75) is 45.1 Å². The first-order valence-corrected chi connectivity index (χ1v) is 6.71. The summed E-state index contributed by atoms with van der Waals surface area (Å²) in [4.78, 5) is 25.9. The Kier molecular flexibility index (Phi) is 2.57. The lowest BCUT2D eigenvalue weighted by Crippen LogP contribution is -2.47. The highest BCUT2D eigenvalue weighted by molar-refractivity contribution is 6.14. The van der Waals surface area contributed by atoms with Crippen LogP contribution in [-0.4, -0.2) is 29.6 Å². The average Bonchev–Trinajstić information content (AvgIpc) is 2.72. The van der Waals surface area contributed by atoms with Gasteiger partial charge in [0, 0.05) is 24.2 Å². The first-order chi connectivity index (χ1) is 8.22. The number of nitrogens with zero attached hydrogens (tertiary/aromatic N) is 1. The van der Waals surface area contributed by atoms with Gasteiger partial charge in [0.05, 0.1) is 5.57 Å². The molecule has 1 saturated heterocycles. The van der Waals surface area contributed by atoms with Crippen LogP contribution in [0.15, 0.2) is 11.3 Å². The third kappa shape index (κ3) is 1.55. The second-order valence-corrected chi connectivity index (χ2v) is 5.74. The van der Waals surface area contributed by atoms with E-state index in [-0.39, 0.29) is 11.7 Å². The lowest BCUT2D eigenvalue weighted by atomic mass is 9.84. The Labute approximate surface area is 102 Å². The molecule has 1 aliphatic carbocycles. The van der Waals surface area contributed by atoms with Crippen molar-refractivity contribution in [3.63, 3.8) is 0 Å². The van der Waals surface area contributed by atoms with E-state index in [0.29, 0.717) is 17.5 Å². The van der Waals surface area contributed by atoms with Crippen molar-refractivity contribution in [2.75, 3.05) is 6.54 Å². The standard InChI is InChI=1S/C14H19NO2/c1-9-6-10-13(7-9)15-5-3-2-4-12(15)11(8-16)14(10)17/h8-10,13H,2-7H2,1H3. The number of hydrogen-bond donors (Lipinski definition) is 0. The number of fused-ring (bicyclic) bond motifs is 3. The van der Waals surface area contributed by atoms with Gasteiger partial charge < -0.3 is 4.90 Å². The minimum Gasteiger partial charge on any atom is -0.370 e. The Morgan fingerprint density at radius 2 is 2.12 bits per heavy atom. The molecule has 2 heterocycles. The van der Waals surface area contributed by atoms with Gasteiger partial charge in [-0.15, -0.1) is 0 Å². The average molecular weight is 233 g/mol. The summed E-state index contributed by atoms with van der Waals surface area (Å²) in [6.45, 7) is 3.25. The van der Waals surface area contributed by atoms with E-state index in [9.17, 15) is 9.59 Å². The Bertz CT molecular complexity index is 399. The molecule has 3 nitrogen and oxygen atoms in total. The summed E-state index contributed by atoms with van der Waals surface area (Å²) in [6.07, 6.45) is 6.11. The van der Waals surface area contributed by atoms with Crippen LogP contribution < -0.4 is 0 Å². The van der Waals surface area contributed by atoms with Gasteiger partial charge in [-0.25, -0.2) is 0 Å². The predicted molar refractivity (Wildman–Crippen MR) is 64.3 cm³/mol. The van der Waals surface area contributed by atoms with Gasteiger partial charge in [0.1, 0.15) is 0 Å². The zero-order valence-electron chi connectivity index (χ0n) is 10.3. The molecule has 92 valence electrons. The molecule has 0 aromatic rings. The van der Waals surface area contributed by atoms with Crippen LogP contribution in [-0.2, 0) is 9.59 Å². The van der Waals surface area contributed by atoms with E-state index in [1.165, 1.54) is 6.42 Å². The number of hydrogen-bond acceptors (Lipinski definition) is 3. The van der Waals surface area contributed by atoms with Crippen molar-refractivity contribution in [2.24, 2.45) is 11.8 Å². The molecule has 1 saturated carbocycles. The number of carbonyl (C=O) groups excluding carboxylic acids is 2. The number of carbonyl (C=O) groups is 2. The monoisotopic (exact) mass is 233 g/mol. The highest BCUT2D eigenvalue weighted by atomic mass is 16.1. The smallest absolute Gasteiger partial charge is 0.173 e. The van der Waals surface area contributed by atoms with Gasteiger partial charge in [0.2, 0.25) is 0 Å². The minimum atomic E-state index is 0.0899. The minimum absolute atomic E-state index is 0.0899. The van der Waals surface area contributed by atoms with Crippen LogP contribution in [0.4, 0.5) is 0 Å². The molecule has 0 amide bonds. The second-order valence-electron chi connectivity index (χ2n) is 5.74. The van der Waals surface area contributed by atoms with Gasteiger partial charge >= 0.3 is 0 Å². The summed E-state index contributed by atoms with van der Waals surface area (Å²) in [5, 5.41) is 0. The fourth-order valence-corrected chi connectivity index (χ4v) is 3.87. The van der Waals surface area contributed by atoms with Gasteiger partial charge in [-0.1, -0.05) is 6.92 Å². The summed E-state index contributed by atoms with van der Waals surface area (Å²) in [6, 6.07) is 0.386. The molecule has 3 atom stereocenters. The van der Waals surface area contributed by atoms with Gasteiger partial charge in [-0.2, -0.15) is 0 Å². The quantitative estimate of drug-likeness (QED) is 0.513. The molecule has 3 heteroatoms. The Balaban J connectivity index is 2.03. The molecule has 0 spiro atoms. The van der Waals surface area contributed by atoms with E-state index in [2.05, 4.69) is 11.8 Å². The molecule has 0 aromatic carbocycles. The van der Waals surface area contributed by atoms with E-state index in [1.54, 1.807) is 0 Å². The van der Waals surface area contributed by atoms with Crippen molar-refractivity contribution in [3.05, 3.63) is 11.3 Å². The van der Waals surface area contributed by atoms with E-state index < -0.39 is 0 Å². The van der Waals surface area contributed by atoms with Crippen molar-refractivity contribution in [1.82, 2.24) is 4.90 Å². The maximum absolute atomic E-state index is 12.3. The number of allylic oxidation sites excluding steroid dienone is 2. The van der Waals surface area contributed by atoms with E-state index >= 15 is 0 Å². The maximum atomic E-state index is 12.3. The summed E-state index contributed by atoms with van der Waals surface area (Å²) >= 11 is 0. The van der Waals surface area contributed by atoms with E-state index in [4.69, 9.17) is 0 Å². The first kappa shape index (κ1) is 11.0. The Hall–Kier alpha value is -1.12.